The second kappa shape index (κ2) is 6.38. The van der Waals surface area contributed by atoms with Gasteiger partial charge in [0.1, 0.15) is 10.8 Å². The third kappa shape index (κ3) is 3.25. The number of nitro groups is 1. The number of amides is 1. The van der Waals surface area contributed by atoms with E-state index in [-0.39, 0.29) is 11.1 Å². The van der Waals surface area contributed by atoms with Crippen LogP contribution in [0.3, 0.4) is 0 Å². The highest BCUT2D eigenvalue weighted by Gasteiger charge is 2.54. The summed E-state index contributed by atoms with van der Waals surface area (Å²) >= 11 is 1.40. The summed E-state index contributed by atoms with van der Waals surface area (Å²) < 4.78 is 11.6. The molecule has 9 nitrogen and oxygen atoms in total. The number of aliphatic imine (C=N–C) groups is 1. The van der Waals surface area contributed by atoms with E-state index in [9.17, 15) is 29.3 Å². The average Bonchev–Trinajstić information content (AvgIpc) is 2.54. The lowest BCUT2D eigenvalue weighted by molar-refractivity contribution is -0.384. The summed E-state index contributed by atoms with van der Waals surface area (Å²) in [6.45, 7) is 1.60. The molecule has 1 fully saturated rings. The molecule has 3 rings (SSSR count). The molecule has 1 amide bonds. The quantitative estimate of drug-likeness (QED) is 0.266. The number of hydrogen-bond donors (Lipinski definition) is 2. The molecule has 1 aromatic carbocycles. The van der Waals surface area contributed by atoms with Crippen LogP contribution in [0.4, 0.5) is 5.69 Å². The molecule has 0 unspecified atom stereocenters. The largest absolute Gasteiger partial charge is 0.372 e. The second-order valence-electron chi connectivity index (χ2n) is 5.63. The van der Waals surface area contributed by atoms with Crippen LogP contribution >= 0.6 is 19.4 Å². The average molecular weight is 383 g/mol. The van der Waals surface area contributed by atoms with E-state index in [4.69, 9.17) is 0 Å². The van der Waals surface area contributed by atoms with E-state index in [1.807, 2.05) is 0 Å². The van der Waals surface area contributed by atoms with Gasteiger partial charge in [-0.25, -0.2) is 0 Å². The van der Waals surface area contributed by atoms with Gasteiger partial charge in [0.2, 0.25) is 0 Å². The van der Waals surface area contributed by atoms with E-state index in [2.05, 4.69) is 4.99 Å². The Balaban J connectivity index is 1.78. The van der Waals surface area contributed by atoms with Crippen molar-refractivity contribution >= 4 is 37.2 Å². The van der Waals surface area contributed by atoms with Crippen LogP contribution in [-0.4, -0.2) is 48.9 Å². The monoisotopic (exact) mass is 383 g/mol. The Hall–Kier alpha value is -2.00. The first-order valence-corrected chi connectivity index (χ1v) is 9.84. The minimum absolute atomic E-state index is 0.0437. The molecule has 25 heavy (non-hydrogen) atoms. The Morgan fingerprint density at radius 3 is 2.60 bits per heavy atom. The van der Waals surface area contributed by atoms with Crippen LogP contribution in [0.1, 0.15) is 12.5 Å². The molecule has 0 saturated carbocycles. The van der Waals surface area contributed by atoms with Crippen LogP contribution in [0.2, 0.25) is 0 Å². The van der Waals surface area contributed by atoms with Crippen molar-refractivity contribution in [2.24, 2.45) is 4.99 Å². The lowest BCUT2D eigenvalue weighted by Gasteiger charge is -2.48. The molecule has 1 saturated heterocycles. The summed E-state index contributed by atoms with van der Waals surface area (Å²) in [7, 11) is -4.54. The summed E-state index contributed by atoms with van der Waals surface area (Å²) in [4.78, 5) is 46.7. The second-order valence-corrected chi connectivity index (χ2v) is 8.25. The number of β-lactam (4-membered cyclic amide) rings is 1. The number of fused-ring (bicyclic) bond motifs is 1. The first-order chi connectivity index (χ1) is 11.7. The van der Waals surface area contributed by atoms with Gasteiger partial charge < -0.3 is 9.79 Å². The van der Waals surface area contributed by atoms with Gasteiger partial charge in [-0.15, -0.1) is 11.8 Å². The van der Waals surface area contributed by atoms with Crippen molar-refractivity contribution in [1.29, 1.82) is 0 Å². The smallest absolute Gasteiger partial charge is 0.320 e. The fourth-order valence-corrected chi connectivity index (χ4v) is 5.24. The highest BCUT2D eigenvalue weighted by molar-refractivity contribution is 8.00. The van der Waals surface area contributed by atoms with Crippen LogP contribution in [0.25, 0.3) is 0 Å². The summed E-state index contributed by atoms with van der Waals surface area (Å²) in [6.07, 6.45) is 1.44. The number of non-ortho nitro benzene ring substituents is 1. The Labute approximate surface area is 146 Å². The van der Waals surface area contributed by atoms with Crippen molar-refractivity contribution < 1.29 is 24.1 Å². The highest BCUT2D eigenvalue weighted by Crippen LogP contribution is 2.56. The number of nitrogens with zero attached hydrogens (tertiary/aromatic N) is 3. The molecular weight excluding hydrogens is 369 g/mol. The molecule has 0 aliphatic carbocycles. The first-order valence-electron chi connectivity index (χ1n) is 7.18. The van der Waals surface area contributed by atoms with Gasteiger partial charge >= 0.3 is 7.60 Å². The summed E-state index contributed by atoms with van der Waals surface area (Å²) in [5.41, 5.74) is 0.821. The Morgan fingerprint density at radius 1 is 1.40 bits per heavy atom. The minimum atomic E-state index is -4.54. The number of carbonyl (C=O) groups is 1. The molecule has 2 atom stereocenters. The Kier molecular flexibility index (Phi) is 4.54. The van der Waals surface area contributed by atoms with Crippen LogP contribution in [-0.2, 0) is 9.36 Å². The van der Waals surface area contributed by atoms with Crippen LogP contribution in [0.15, 0.2) is 40.3 Å². The first kappa shape index (κ1) is 17.8. The van der Waals surface area contributed by atoms with Crippen molar-refractivity contribution in [3.05, 3.63) is 51.0 Å². The van der Waals surface area contributed by atoms with Gasteiger partial charge in [-0.1, -0.05) is 0 Å². The maximum atomic E-state index is 12.3. The van der Waals surface area contributed by atoms with Crippen molar-refractivity contribution in [2.75, 3.05) is 5.75 Å². The van der Waals surface area contributed by atoms with Crippen LogP contribution < -0.4 is 0 Å². The molecule has 1 aromatic rings. The molecule has 2 heterocycles. The molecule has 2 N–H and O–H groups in total. The number of hydrogen-bond acceptors (Lipinski definition) is 6. The van der Waals surface area contributed by atoms with Gasteiger partial charge in [0, 0.05) is 24.1 Å². The van der Waals surface area contributed by atoms with Gasteiger partial charge in [0.05, 0.1) is 4.92 Å². The molecule has 2 aliphatic heterocycles. The molecule has 0 radical (unpaired) electrons. The molecular formula is C14H14N3O6PS. The number of benzene rings is 1. The third-order valence-corrected chi connectivity index (χ3v) is 6.42. The molecule has 2 aliphatic rings. The minimum Gasteiger partial charge on any atom is -0.320 e. The van der Waals surface area contributed by atoms with Gasteiger partial charge in [-0.05, 0) is 30.2 Å². The third-order valence-electron chi connectivity index (χ3n) is 3.86. The van der Waals surface area contributed by atoms with E-state index in [1.54, 1.807) is 6.92 Å². The molecule has 0 bridgehead atoms. The molecule has 132 valence electrons. The van der Waals surface area contributed by atoms with Crippen molar-refractivity contribution in [3.8, 4) is 0 Å². The standard InChI is InChI=1S/C14H14N3O6PS/c1-8-7-25-14-11(12(18)16(14)13(8)24(21,22)23)15-6-9-2-4-10(5-3-9)17(19)20/h2-6,11,14H,7H2,1H3,(H2,21,22,23)/t11-,14-/m1/s1. The fourth-order valence-electron chi connectivity index (χ4n) is 2.69. The van der Waals surface area contributed by atoms with Crippen LogP contribution in [0.5, 0.6) is 0 Å². The van der Waals surface area contributed by atoms with E-state index in [1.165, 1.54) is 42.2 Å². The zero-order chi connectivity index (χ0) is 18.4. The maximum Gasteiger partial charge on any atom is 0.372 e. The summed E-state index contributed by atoms with van der Waals surface area (Å²) in [5.74, 6) is -0.0497. The predicted molar refractivity (Wildman–Crippen MR) is 92.3 cm³/mol. The summed E-state index contributed by atoms with van der Waals surface area (Å²) in [6, 6.07) is 4.98. The van der Waals surface area contributed by atoms with Crippen molar-refractivity contribution in [2.45, 2.75) is 18.3 Å². The lowest BCUT2D eigenvalue weighted by atomic mass is 10.1. The van der Waals surface area contributed by atoms with Crippen LogP contribution in [0, 0.1) is 10.1 Å². The number of nitro benzene ring substituents is 1. The van der Waals surface area contributed by atoms with Crippen molar-refractivity contribution in [3.63, 3.8) is 0 Å². The van der Waals surface area contributed by atoms with E-state index < -0.39 is 29.8 Å². The van der Waals surface area contributed by atoms with Gasteiger partial charge in [0.25, 0.3) is 11.6 Å². The SMILES string of the molecule is CC1=C(P(=O)(O)O)N2C(=O)[C@@H](N=Cc3ccc([N+](=O)[O-])cc3)[C@H]2SC1. The lowest BCUT2D eigenvalue weighted by Crippen LogP contribution is -2.63. The molecule has 0 spiro atoms. The van der Waals surface area contributed by atoms with Gasteiger partial charge in [0.15, 0.2) is 6.04 Å². The number of rotatable bonds is 4. The van der Waals surface area contributed by atoms with Gasteiger partial charge in [-0.3, -0.25) is 29.4 Å². The number of thioether (sulfide) groups is 1. The normalized spacial score (nSPS) is 23.6. The zero-order valence-corrected chi connectivity index (χ0v) is 14.7. The Bertz CT molecular complexity index is 847. The molecule has 0 aromatic heterocycles. The van der Waals surface area contributed by atoms with E-state index in [0.29, 0.717) is 16.9 Å². The predicted octanol–water partition coefficient (Wildman–Crippen LogP) is 1.71. The van der Waals surface area contributed by atoms with E-state index >= 15 is 0 Å². The maximum absolute atomic E-state index is 12.3. The summed E-state index contributed by atoms with van der Waals surface area (Å²) in [5, 5.41) is 10.2. The topological polar surface area (TPSA) is 133 Å². The van der Waals surface area contributed by atoms with E-state index in [0.717, 1.165) is 4.90 Å². The van der Waals surface area contributed by atoms with Gasteiger partial charge in [-0.2, -0.15) is 0 Å². The number of carbonyl (C=O) groups excluding carboxylic acids is 1. The highest BCUT2D eigenvalue weighted by atomic mass is 32.2. The fraction of sp³-hybridized carbons (Fsp3) is 0.286. The van der Waals surface area contributed by atoms with Crippen molar-refractivity contribution in [1.82, 2.24) is 4.90 Å². The zero-order valence-electron chi connectivity index (χ0n) is 13.0. The molecule has 11 heteroatoms. The Morgan fingerprint density at radius 2 is 2.04 bits per heavy atom.